The second kappa shape index (κ2) is 8.12. The van der Waals surface area contributed by atoms with Crippen molar-refractivity contribution < 1.29 is 45.8 Å². The van der Waals surface area contributed by atoms with E-state index in [0.29, 0.717) is 25.0 Å². The first-order valence-electron chi connectivity index (χ1n) is 8.94. The Morgan fingerprint density at radius 2 is 1.68 bits per heavy atom. The molecule has 2 aromatic carbocycles. The minimum atomic E-state index is -5.10. The number of anilines is 1. The first-order chi connectivity index (χ1) is 14.4. The molecule has 1 amide bonds. The van der Waals surface area contributed by atoms with Crippen molar-refractivity contribution in [1.29, 1.82) is 0 Å². The number of aromatic carboxylic acids is 1. The molecule has 31 heavy (non-hydrogen) atoms. The molecule has 0 aliphatic heterocycles. The highest BCUT2D eigenvalue weighted by molar-refractivity contribution is 6.01. The van der Waals surface area contributed by atoms with Gasteiger partial charge in [0.25, 0.3) is 0 Å². The molecule has 0 bridgehead atoms. The van der Waals surface area contributed by atoms with Crippen molar-refractivity contribution >= 4 is 17.6 Å². The largest absolute Gasteiger partial charge is 0.488 e. The van der Waals surface area contributed by atoms with Gasteiger partial charge in [0.05, 0.1) is 22.4 Å². The number of carbonyl (C=O) groups is 2. The van der Waals surface area contributed by atoms with E-state index in [0.717, 1.165) is 6.07 Å². The maximum atomic E-state index is 13.2. The molecule has 5 nitrogen and oxygen atoms in total. The third-order valence-electron chi connectivity index (χ3n) is 4.53. The molecule has 0 spiro atoms. The summed E-state index contributed by atoms with van der Waals surface area (Å²) in [4.78, 5) is 23.3. The van der Waals surface area contributed by atoms with Gasteiger partial charge in [0.2, 0.25) is 5.91 Å². The molecule has 166 valence electrons. The van der Waals surface area contributed by atoms with Crippen LogP contribution in [0.5, 0.6) is 5.75 Å². The predicted octanol–water partition coefficient (Wildman–Crippen LogP) is 5.35. The lowest BCUT2D eigenvalue weighted by atomic mass is 10.1. The average Bonchev–Trinajstić information content (AvgIpc) is 3.50. The Hall–Kier alpha value is -3.24. The van der Waals surface area contributed by atoms with Gasteiger partial charge in [-0.05, 0) is 48.7 Å². The number of rotatable bonds is 6. The van der Waals surface area contributed by atoms with Crippen LogP contribution < -0.4 is 10.1 Å². The predicted molar refractivity (Wildman–Crippen MR) is 95.5 cm³/mol. The van der Waals surface area contributed by atoms with Crippen LogP contribution in [0.1, 0.15) is 39.9 Å². The van der Waals surface area contributed by atoms with Gasteiger partial charge in [-0.15, -0.1) is 0 Å². The van der Waals surface area contributed by atoms with E-state index >= 15 is 0 Å². The second-order valence-electron chi connectivity index (χ2n) is 6.94. The quantitative estimate of drug-likeness (QED) is 0.586. The van der Waals surface area contributed by atoms with Crippen molar-refractivity contribution in [3.63, 3.8) is 0 Å². The van der Waals surface area contributed by atoms with Gasteiger partial charge in [0, 0.05) is 5.92 Å². The molecule has 0 unspecified atom stereocenters. The summed E-state index contributed by atoms with van der Waals surface area (Å²) in [5.41, 5.74) is -3.20. The standard InChI is InChI=1S/C20H15F6NO4/c21-19(22,23)12-4-6-16(14(8-12)20(24,25)26)31-9-10-1-5-15(13(7-10)18(29)30)27-17(28)11-2-3-11/h1,4-8,11H,2-3,9H2,(H,27,28)(H,29,30). The zero-order chi connectivity index (χ0) is 23.0. The summed E-state index contributed by atoms with van der Waals surface area (Å²) in [6, 6.07) is 4.71. The molecule has 0 saturated heterocycles. The number of nitrogens with one attached hydrogen (secondary N) is 1. The molecule has 0 aromatic heterocycles. The van der Waals surface area contributed by atoms with Crippen molar-refractivity contribution in [1.82, 2.24) is 0 Å². The fraction of sp³-hybridized carbons (Fsp3) is 0.300. The van der Waals surface area contributed by atoms with E-state index in [4.69, 9.17) is 4.74 Å². The molecular weight excluding hydrogens is 432 g/mol. The molecule has 1 aliphatic rings. The van der Waals surface area contributed by atoms with Crippen molar-refractivity contribution in [2.24, 2.45) is 5.92 Å². The number of halogens is 6. The SMILES string of the molecule is O=C(O)c1cc(COc2ccc(C(F)(F)F)cc2C(F)(F)F)ccc1NC(=O)C1CC1. The first kappa shape index (κ1) is 22.4. The highest BCUT2D eigenvalue weighted by Gasteiger charge is 2.39. The molecule has 0 atom stereocenters. The van der Waals surface area contributed by atoms with Crippen molar-refractivity contribution in [3.8, 4) is 5.75 Å². The zero-order valence-corrected chi connectivity index (χ0v) is 15.6. The summed E-state index contributed by atoms with van der Waals surface area (Å²) < 4.78 is 82.9. The van der Waals surface area contributed by atoms with Crippen LogP contribution in [0.15, 0.2) is 36.4 Å². The Morgan fingerprint density at radius 3 is 2.23 bits per heavy atom. The minimum Gasteiger partial charge on any atom is -0.488 e. The van der Waals surface area contributed by atoms with E-state index < -0.39 is 41.8 Å². The molecule has 1 saturated carbocycles. The van der Waals surface area contributed by atoms with Gasteiger partial charge in [-0.1, -0.05) is 6.07 Å². The van der Waals surface area contributed by atoms with Crippen LogP contribution in [0, 0.1) is 5.92 Å². The summed E-state index contributed by atoms with van der Waals surface area (Å²) >= 11 is 0. The number of hydrogen-bond donors (Lipinski definition) is 2. The van der Waals surface area contributed by atoms with Gasteiger partial charge in [-0.2, -0.15) is 26.3 Å². The number of ether oxygens (including phenoxy) is 1. The Bertz CT molecular complexity index is 1010. The van der Waals surface area contributed by atoms with Crippen LogP contribution >= 0.6 is 0 Å². The molecule has 1 aliphatic carbocycles. The Labute approximate surface area is 171 Å². The van der Waals surface area contributed by atoms with Crippen molar-refractivity contribution in [2.75, 3.05) is 5.32 Å². The van der Waals surface area contributed by atoms with Crippen molar-refractivity contribution in [3.05, 3.63) is 58.7 Å². The molecule has 3 rings (SSSR count). The van der Waals surface area contributed by atoms with Crippen LogP contribution in [-0.4, -0.2) is 17.0 Å². The molecule has 0 radical (unpaired) electrons. The van der Waals surface area contributed by atoms with E-state index in [1.165, 1.54) is 12.1 Å². The summed E-state index contributed by atoms with van der Waals surface area (Å²) in [6.45, 7) is -0.536. The van der Waals surface area contributed by atoms with Gasteiger partial charge >= 0.3 is 18.3 Å². The van der Waals surface area contributed by atoms with Crippen LogP contribution in [0.25, 0.3) is 0 Å². The number of carboxylic acid groups (broad SMARTS) is 1. The highest BCUT2D eigenvalue weighted by Crippen LogP contribution is 2.40. The van der Waals surface area contributed by atoms with Crippen LogP contribution in [-0.2, 0) is 23.8 Å². The lowest BCUT2D eigenvalue weighted by molar-refractivity contribution is -0.144. The van der Waals surface area contributed by atoms with E-state index in [9.17, 15) is 41.0 Å². The van der Waals surface area contributed by atoms with Gasteiger partial charge in [-0.3, -0.25) is 4.79 Å². The van der Waals surface area contributed by atoms with Crippen LogP contribution in [0.4, 0.5) is 32.0 Å². The monoisotopic (exact) mass is 447 g/mol. The number of alkyl halides is 6. The maximum Gasteiger partial charge on any atom is 0.419 e. The Balaban J connectivity index is 1.82. The third kappa shape index (κ3) is 5.47. The molecule has 2 aromatic rings. The summed E-state index contributed by atoms with van der Waals surface area (Å²) in [5, 5.41) is 11.8. The lowest BCUT2D eigenvalue weighted by Crippen LogP contribution is -2.16. The number of benzene rings is 2. The van der Waals surface area contributed by atoms with Gasteiger partial charge in [0.15, 0.2) is 0 Å². The zero-order valence-electron chi connectivity index (χ0n) is 15.6. The van der Waals surface area contributed by atoms with E-state index in [-0.39, 0.29) is 34.7 Å². The molecule has 1 fully saturated rings. The number of hydrogen-bond acceptors (Lipinski definition) is 3. The fourth-order valence-corrected chi connectivity index (χ4v) is 2.76. The minimum absolute atomic E-state index is 0.0265. The third-order valence-corrected chi connectivity index (χ3v) is 4.53. The van der Waals surface area contributed by atoms with Crippen LogP contribution in [0.2, 0.25) is 0 Å². The fourth-order valence-electron chi connectivity index (χ4n) is 2.76. The maximum absolute atomic E-state index is 13.2. The Kier molecular flexibility index (Phi) is 5.88. The summed E-state index contributed by atoms with van der Waals surface area (Å²) in [5.74, 6) is -2.71. The molecular formula is C20H15F6NO4. The summed E-state index contributed by atoms with van der Waals surface area (Å²) in [6.07, 6.45) is -8.65. The van der Waals surface area contributed by atoms with Gasteiger partial charge in [-0.25, -0.2) is 4.79 Å². The van der Waals surface area contributed by atoms with Gasteiger partial charge < -0.3 is 15.2 Å². The number of amides is 1. The molecule has 2 N–H and O–H groups in total. The average molecular weight is 447 g/mol. The normalized spacial score (nSPS) is 14.3. The van der Waals surface area contributed by atoms with Crippen LogP contribution in [0.3, 0.4) is 0 Å². The highest BCUT2D eigenvalue weighted by atomic mass is 19.4. The smallest absolute Gasteiger partial charge is 0.419 e. The van der Waals surface area contributed by atoms with E-state index in [2.05, 4.69) is 5.32 Å². The lowest BCUT2D eigenvalue weighted by Gasteiger charge is -2.17. The number of carbonyl (C=O) groups excluding carboxylic acids is 1. The molecule has 11 heteroatoms. The van der Waals surface area contributed by atoms with E-state index in [1.54, 1.807) is 0 Å². The first-order valence-corrected chi connectivity index (χ1v) is 8.94. The Morgan fingerprint density at radius 1 is 1.00 bits per heavy atom. The van der Waals surface area contributed by atoms with E-state index in [1.807, 2.05) is 0 Å². The summed E-state index contributed by atoms with van der Waals surface area (Å²) in [7, 11) is 0. The second-order valence-corrected chi connectivity index (χ2v) is 6.94. The molecule has 0 heterocycles. The topological polar surface area (TPSA) is 75.6 Å². The number of carboxylic acids is 1. The van der Waals surface area contributed by atoms with Gasteiger partial charge in [0.1, 0.15) is 12.4 Å². The van der Waals surface area contributed by atoms with Crippen molar-refractivity contribution in [2.45, 2.75) is 31.8 Å².